The summed E-state index contributed by atoms with van der Waals surface area (Å²) in [5.74, 6) is -0.403. The topological polar surface area (TPSA) is 105 Å². The average molecular weight is 232 g/mol. The molecule has 0 aliphatic carbocycles. The summed E-state index contributed by atoms with van der Waals surface area (Å²) in [5.41, 5.74) is 12.4. The Bertz CT molecular complexity index is 462. The zero-order valence-electron chi connectivity index (χ0n) is 9.90. The van der Waals surface area contributed by atoms with Crippen LogP contribution in [0.1, 0.15) is 19.4 Å². The number of nitrogens with two attached hydrogens (primary N) is 2. The van der Waals surface area contributed by atoms with E-state index in [0.29, 0.717) is 16.9 Å². The first-order valence-corrected chi connectivity index (χ1v) is 5.31. The highest BCUT2D eigenvalue weighted by Gasteiger charge is 2.20. The number of nitriles is 1. The lowest BCUT2D eigenvalue weighted by atomic mass is 10.0. The van der Waals surface area contributed by atoms with E-state index in [2.05, 4.69) is 5.32 Å². The van der Waals surface area contributed by atoms with E-state index in [4.69, 9.17) is 16.7 Å². The summed E-state index contributed by atoms with van der Waals surface area (Å²) in [6.07, 6.45) is 0. The lowest BCUT2D eigenvalue weighted by Gasteiger charge is -2.21. The molecule has 1 unspecified atom stereocenters. The minimum atomic E-state index is -0.508. The largest absolute Gasteiger partial charge is 0.396 e. The molecule has 0 aliphatic heterocycles. The number of para-hydroxylation sites is 1. The lowest BCUT2D eigenvalue weighted by molar-refractivity contribution is -0.119. The maximum atomic E-state index is 11.3. The summed E-state index contributed by atoms with van der Waals surface area (Å²) in [5, 5.41) is 11.8. The van der Waals surface area contributed by atoms with Gasteiger partial charge in [0.05, 0.1) is 16.9 Å². The molecule has 0 spiro atoms. The molecule has 5 nitrogen and oxygen atoms in total. The highest BCUT2D eigenvalue weighted by atomic mass is 16.1. The summed E-state index contributed by atoms with van der Waals surface area (Å²) in [6, 6.07) is 6.52. The Morgan fingerprint density at radius 2 is 2.12 bits per heavy atom. The van der Waals surface area contributed by atoms with Gasteiger partial charge in [-0.3, -0.25) is 4.79 Å². The van der Waals surface area contributed by atoms with Crippen molar-refractivity contribution in [2.45, 2.75) is 19.9 Å². The Kier molecular flexibility index (Phi) is 3.94. The fourth-order valence-electron chi connectivity index (χ4n) is 1.52. The Morgan fingerprint density at radius 3 is 2.59 bits per heavy atom. The van der Waals surface area contributed by atoms with Crippen LogP contribution in [0.3, 0.4) is 0 Å². The van der Waals surface area contributed by atoms with Crippen molar-refractivity contribution in [1.82, 2.24) is 0 Å². The van der Waals surface area contributed by atoms with Crippen LogP contribution in [-0.4, -0.2) is 11.9 Å². The van der Waals surface area contributed by atoms with E-state index >= 15 is 0 Å². The minimum Gasteiger partial charge on any atom is -0.396 e. The van der Waals surface area contributed by atoms with Crippen LogP contribution in [0.4, 0.5) is 11.4 Å². The number of nitrogens with one attached hydrogen (secondary N) is 1. The third-order valence-electron chi connectivity index (χ3n) is 2.51. The van der Waals surface area contributed by atoms with Crippen molar-refractivity contribution in [3.05, 3.63) is 23.8 Å². The van der Waals surface area contributed by atoms with E-state index in [1.807, 2.05) is 19.9 Å². The van der Waals surface area contributed by atoms with Gasteiger partial charge in [0.25, 0.3) is 0 Å². The molecule has 0 aliphatic rings. The van der Waals surface area contributed by atoms with Gasteiger partial charge < -0.3 is 16.8 Å². The quantitative estimate of drug-likeness (QED) is 0.675. The fourth-order valence-corrected chi connectivity index (χ4v) is 1.52. The number of hydrogen-bond donors (Lipinski definition) is 3. The van der Waals surface area contributed by atoms with Crippen LogP contribution in [0, 0.1) is 17.2 Å². The van der Waals surface area contributed by atoms with E-state index in [-0.39, 0.29) is 5.92 Å². The van der Waals surface area contributed by atoms with Gasteiger partial charge in [-0.1, -0.05) is 19.9 Å². The molecule has 0 fully saturated rings. The molecule has 1 atom stereocenters. The summed E-state index contributed by atoms with van der Waals surface area (Å²) in [6.45, 7) is 3.76. The van der Waals surface area contributed by atoms with Crippen molar-refractivity contribution < 1.29 is 4.79 Å². The molecule has 0 saturated carbocycles. The average Bonchev–Trinajstić information content (AvgIpc) is 2.26. The predicted molar refractivity (Wildman–Crippen MR) is 67.0 cm³/mol. The van der Waals surface area contributed by atoms with Crippen molar-refractivity contribution in [1.29, 1.82) is 5.26 Å². The monoisotopic (exact) mass is 232 g/mol. The van der Waals surface area contributed by atoms with Gasteiger partial charge in [-0.2, -0.15) is 5.26 Å². The molecule has 0 bridgehead atoms. The van der Waals surface area contributed by atoms with Crippen molar-refractivity contribution in [3.63, 3.8) is 0 Å². The summed E-state index contributed by atoms with van der Waals surface area (Å²) < 4.78 is 0. The number of primary amides is 1. The lowest BCUT2D eigenvalue weighted by Crippen LogP contribution is -2.39. The molecule has 17 heavy (non-hydrogen) atoms. The maximum Gasteiger partial charge on any atom is 0.240 e. The van der Waals surface area contributed by atoms with Crippen molar-refractivity contribution in [3.8, 4) is 6.07 Å². The number of rotatable bonds is 4. The second-order valence-electron chi connectivity index (χ2n) is 4.15. The fraction of sp³-hybridized carbons (Fsp3) is 0.333. The maximum absolute atomic E-state index is 11.3. The molecule has 0 aromatic heterocycles. The van der Waals surface area contributed by atoms with Crippen LogP contribution in [0.15, 0.2) is 18.2 Å². The van der Waals surface area contributed by atoms with Crippen molar-refractivity contribution >= 4 is 17.3 Å². The van der Waals surface area contributed by atoms with Crippen LogP contribution in [0.5, 0.6) is 0 Å². The van der Waals surface area contributed by atoms with Crippen molar-refractivity contribution in [2.75, 3.05) is 11.1 Å². The molecule has 1 aromatic carbocycles. The normalized spacial score (nSPS) is 11.9. The standard InChI is InChI=1S/C12H16N4O/c1-7(2)11(12(15)17)16-9-5-3-4-8(6-13)10(9)14/h3-5,7,11,16H,14H2,1-2H3,(H2,15,17). The smallest absolute Gasteiger partial charge is 0.240 e. The zero-order valence-corrected chi connectivity index (χ0v) is 9.90. The summed E-state index contributed by atoms with van der Waals surface area (Å²) in [4.78, 5) is 11.3. The number of hydrogen-bond acceptors (Lipinski definition) is 4. The molecule has 0 saturated heterocycles. The molecule has 90 valence electrons. The van der Waals surface area contributed by atoms with Gasteiger partial charge in [0, 0.05) is 0 Å². The number of anilines is 2. The Balaban J connectivity index is 3.03. The Labute approximate surface area is 100 Å². The van der Waals surface area contributed by atoms with E-state index in [1.165, 1.54) is 0 Å². The molecule has 0 heterocycles. The van der Waals surface area contributed by atoms with Gasteiger partial charge in [0.1, 0.15) is 12.1 Å². The Morgan fingerprint density at radius 1 is 1.47 bits per heavy atom. The van der Waals surface area contributed by atoms with Crippen LogP contribution < -0.4 is 16.8 Å². The predicted octanol–water partition coefficient (Wildman–Crippen LogP) is 1.06. The molecular formula is C12H16N4O. The van der Waals surface area contributed by atoms with Crippen LogP contribution in [-0.2, 0) is 4.79 Å². The van der Waals surface area contributed by atoms with E-state index in [1.54, 1.807) is 18.2 Å². The number of nitrogen functional groups attached to an aromatic ring is 1. The molecular weight excluding hydrogens is 216 g/mol. The number of benzene rings is 1. The first-order valence-electron chi connectivity index (χ1n) is 5.31. The van der Waals surface area contributed by atoms with Gasteiger partial charge in [-0.05, 0) is 18.1 Å². The molecule has 0 radical (unpaired) electrons. The molecule has 1 amide bonds. The van der Waals surface area contributed by atoms with Crippen molar-refractivity contribution in [2.24, 2.45) is 11.7 Å². The minimum absolute atomic E-state index is 0.0395. The van der Waals surface area contributed by atoms with Gasteiger partial charge >= 0.3 is 0 Å². The molecule has 5 heteroatoms. The highest BCUT2D eigenvalue weighted by Crippen LogP contribution is 2.23. The summed E-state index contributed by atoms with van der Waals surface area (Å²) in [7, 11) is 0. The third-order valence-corrected chi connectivity index (χ3v) is 2.51. The highest BCUT2D eigenvalue weighted by molar-refractivity contribution is 5.85. The summed E-state index contributed by atoms with van der Waals surface area (Å²) >= 11 is 0. The second kappa shape index (κ2) is 5.21. The van der Waals surface area contributed by atoms with E-state index in [9.17, 15) is 4.79 Å². The number of amides is 1. The number of nitrogens with zero attached hydrogens (tertiary/aromatic N) is 1. The molecule has 5 N–H and O–H groups in total. The van der Waals surface area contributed by atoms with E-state index in [0.717, 1.165) is 0 Å². The Hall–Kier alpha value is -2.22. The van der Waals surface area contributed by atoms with Crippen LogP contribution in [0.25, 0.3) is 0 Å². The van der Waals surface area contributed by atoms with E-state index < -0.39 is 11.9 Å². The first kappa shape index (κ1) is 12.8. The van der Waals surface area contributed by atoms with Gasteiger partial charge in [0.15, 0.2) is 0 Å². The van der Waals surface area contributed by atoms with Gasteiger partial charge in [-0.25, -0.2) is 0 Å². The molecule has 1 aromatic rings. The molecule has 1 rings (SSSR count). The second-order valence-corrected chi connectivity index (χ2v) is 4.15. The van der Waals surface area contributed by atoms with Gasteiger partial charge in [0.2, 0.25) is 5.91 Å². The number of carbonyl (C=O) groups is 1. The zero-order chi connectivity index (χ0) is 13.0. The van der Waals surface area contributed by atoms with Crippen LogP contribution >= 0.6 is 0 Å². The van der Waals surface area contributed by atoms with Gasteiger partial charge in [-0.15, -0.1) is 0 Å². The SMILES string of the molecule is CC(C)C(Nc1cccc(C#N)c1N)C(N)=O. The first-order chi connectivity index (χ1) is 7.97. The van der Waals surface area contributed by atoms with Crippen LogP contribution in [0.2, 0.25) is 0 Å². The third kappa shape index (κ3) is 2.88. The number of carbonyl (C=O) groups excluding carboxylic acids is 1.